The maximum atomic E-state index is 11.9. The lowest BCUT2D eigenvalue weighted by Crippen LogP contribution is -2.36. The van der Waals surface area contributed by atoms with Crippen molar-refractivity contribution >= 4 is 18.5 Å². The molecule has 0 saturated heterocycles. The van der Waals surface area contributed by atoms with Crippen molar-refractivity contribution in [3.63, 3.8) is 0 Å². The summed E-state index contributed by atoms with van der Waals surface area (Å²) in [4.78, 5) is 16.0. The Kier molecular flexibility index (Phi) is 6.62. The maximum Gasteiger partial charge on any atom is 0.407 e. The fourth-order valence-corrected chi connectivity index (χ4v) is 2.91. The number of aromatic nitrogens is 1. The van der Waals surface area contributed by atoms with E-state index >= 15 is 0 Å². The molecule has 1 N–H and O–H groups in total. The van der Waals surface area contributed by atoms with E-state index in [9.17, 15) is 4.79 Å². The molecule has 1 amide bonds. The lowest BCUT2D eigenvalue weighted by atomic mass is 9.93. The minimum atomic E-state index is -0.506. The molecule has 6 heteroatoms. The number of carbonyl (C=O) groups excluding carboxylic acids is 1. The number of halogens is 1. The van der Waals surface area contributed by atoms with Gasteiger partial charge in [-0.1, -0.05) is 24.3 Å². The highest BCUT2D eigenvalue weighted by Crippen LogP contribution is 2.30. The van der Waals surface area contributed by atoms with Gasteiger partial charge in [0.1, 0.15) is 11.7 Å². The van der Waals surface area contributed by atoms with Crippen molar-refractivity contribution in [2.75, 3.05) is 13.2 Å². The van der Waals surface area contributed by atoms with Gasteiger partial charge < -0.3 is 14.8 Å². The number of amides is 1. The minimum Gasteiger partial charge on any atom is -0.444 e. The normalized spacial score (nSPS) is 16.2. The number of rotatable bonds is 3. The van der Waals surface area contributed by atoms with Crippen LogP contribution in [0.3, 0.4) is 0 Å². The van der Waals surface area contributed by atoms with Crippen LogP contribution in [0.2, 0.25) is 0 Å². The molecule has 1 aliphatic rings. The highest BCUT2D eigenvalue weighted by atomic mass is 35.5. The van der Waals surface area contributed by atoms with Crippen LogP contribution in [0.25, 0.3) is 11.1 Å². The molecule has 0 aliphatic carbocycles. The van der Waals surface area contributed by atoms with Gasteiger partial charge in [0, 0.05) is 12.4 Å². The van der Waals surface area contributed by atoms with Gasteiger partial charge in [0.05, 0.1) is 13.2 Å². The number of carbonyl (C=O) groups is 1. The van der Waals surface area contributed by atoms with Crippen LogP contribution < -0.4 is 5.32 Å². The average Bonchev–Trinajstić information content (AvgIpc) is 2.58. The SMILES string of the molecule is CC(C)(C)OC(=O)NC[C@@H]1OCCc2cc(-c3cccnc3)ccc21.Cl. The van der Waals surface area contributed by atoms with Crippen molar-refractivity contribution in [3.8, 4) is 11.1 Å². The van der Waals surface area contributed by atoms with Gasteiger partial charge in [-0.3, -0.25) is 4.98 Å². The molecule has 0 unspecified atom stereocenters. The van der Waals surface area contributed by atoms with Crippen LogP contribution in [-0.2, 0) is 15.9 Å². The Balaban J connectivity index is 0.00000243. The molecule has 1 aromatic heterocycles. The Morgan fingerprint density at radius 2 is 2.12 bits per heavy atom. The lowest BCUT2D eigenvalue weighted by molar-refractivity contribution is 0.0289. The van der Waals surface area contributed by atoms with Gasteiger partial charge >= 0.3 is 6.09 Å². The number of nitrogens with one attached hydrogen (secondary N) is 1. The van der Waals surface area contributed by atoms with Crippen molar-refractivity contribution in [2.24, 2.45) is 0 Å². The van der Waals surface area contributed by atoms with Gasteiger partial charge in [-0.15, -0.1) is 12.4 Å². The molecular weight excluding hydrogens is 352 g/mol. The number of fused-ring (bicyclic) bond motifs is 1. The van der Waals surface area contributed by atoms with Crippen molar-refractivity contribution < 1.29 is 14.3 Å². The Bertz CT molecular complexity index is 744. The summed E-state index contributed by atoms with van der Waals surface area (Å²) in [5, 5.41) is 2.80. The summed E-state index contributed by atoms with van der Waals surface area (Å²) < 4.78 is 11.1. The van der Waals surface area contributed by atoms with Crippen molar-refractivity contribution in [1.29, 1.82) is 0 Å². The second kappa shape index (κ2) is 8.52. The first kappa shape index (κ1) is 20.2. The summed E-state index contributed by atoms with van der Waals surface area (Å²) in [6.45, 7) is 6.58. The van der Waals surface area contributed by atoms with Crippen LogP contribution in [-0.4, -0.2) is 29.8 Å². The first-order chi connectivity index (χ1) is 11.9. The fourth-order valence-electron chi connectivity index (χ4n) is 2.91. The van der Waals surface area contributed by atoms with Gasteiger partial charge in [-0.2, -0.15) is 0 Å². The molecular formula is C20H25ClN2O3. The lowest BCUT2D eigenvalue weighted by Gasteiger charge is -2.27. The summed E-state index contributed by atoms with van der Waals surface area (Å²) in [5.74, 6) is 0. The topological polar surface area (TPSA) is 60.5 Å². The standard InChI is InChI=1S/C20H24N2O3.ClH/c1-20(2,3)25-19(23)22-13-18-17-7-6-14(11-15(17)8-10-24-18)16-5-4-9-21-12-16;/h4-7,9,11-12,18H,8,10,13H2,1-3H3,(H,22,23);1H/t18-;/m0./s1. The summed E-state index contributed by atoms with van der Waals surface area (Å²) in [7, 11) is 0. The number of ether oxygens (including phenoxy) is 2. The predicted octanol–water partition coefficient (Wildman–Crippen LogP) is 4.31. The van der Waals surface area contributed by atoms with Crippen molar-refractivity contribution in [2.45, 2.75) is 38.9 Å². The van der Waals surface area contributed by atoms with Crippen LogP contribution >= 0.6 is 12.4 Å². The zero-order chi connectivity index (χ0) is 17.9. The van der Waals surface area contributed by atoms with E-state index in [-0.39, 0.29) is 18.5 Å². The monoisotopic (exact) mass is 376 g/mol. The van der Waals surface area contributed by atoms with Gasteiger partial charge in [0.2, 0.25) is 0 Å². The van der Waals surface area contributed by atoms with Crippen LogP contribution in [0, 0.1) is 0 Å². The maximum absolute atomic E-state index is 11.9. The van der Waals surface area contributed by atoms with E-state index in [2.05, 4.69) is 34.6 Å². The number of pyridine rings is 1. The molecule has 0 spiro atoms. The minimum absolute atomic E-state index is 0. The zero-order valence-electron chi connectivity index (χ0n) is 15.3. The molecule has 0 saturated carbocycles. The average molecular weight is 377 g/mol. The smallest absolute Gasteiger partial charge is 0.407 e. The molecule has 5 nitrogen and oxygen atoms in total. The number of benzene rings is 1. The van der Waals surface area contributed by atoms with E-state index in [1.54, 1.807) is 6.20 Å². The Labute approximate surface area is 160 Å². The first-order valence-corrected chi connectivity index (χ1v) is 8.54. The summed E-state index contributed by atoms with van der Waals surface area (Å²) in [5.41, 5.74) is 4.11. The number of hydrogen-bond donors (Lipinski definition) is 1. The fraction of sp³-hybridized carbons (Fsp3) is 0.400. The van der Waals surface area contributed by atoms with Crippen LogP contribution in [0.4, 0.5) is 4.79 Å². The summed E-state index contributed by atoms with van der Waals surface area (Å²) >= 11 is 0. The molecule has 1 aromatic carbocycles. The molecule has 0 fully saturated rings. The zero-order valence-corrected chi connectivity index (χ0v) is 16.1. The second-order valence-corrected chi connectivity index (χ2v) is 7.15. The van der Waals surface area contributed by atoms with Gasteiger partial charge in [-0.25, -0.2) is 4.79 Å². The van der Waals surface area contributed by atoms with Crippen LogP contribution in [0.5, 0.6) is 0 Å². The highest BCUT2D eigenvalue weighted by Gasteiger charge is 2.23. The Morgan fingerprint density at radius 1 is 1.31 bits per heavy atom. The molecule has 1 atom stereocenters. The van der Waals surface area contributed by atoms with Crippen molar-refractivity contribution in [3.05, 3.63) is 53.9 Å². The third-order valence-corrected chi connectivity index (χ3v) is 4.01. The Morgan fingerprint density at radius 3 is 2.81 bits per heavy atom. The van der Waals surface area contributed by atoms with E-state index in [0.29, 0.717) is 13.2 Å². The Hall–Kier alpha value is -2.11. The molecule has 2 heterocycles. The van der Waals surface area contributed by atoms with Crippen LogP contribution in [0.15, 0.2) is 42.7 Å². The largest absolute Gasteiger partial charge is 0.444 e. The van der Waals surface area contributed by atoms with Crippen molar-refractivity contribution in [1.82, 2.24) is 10.3 Å². The van der Waals surface area contributed by atoms with Gasteiger partial charge in [0.25, 0.3) is 0 Å². The van der Waals surface area contributed by atoms with E-state index < -0.39 is 11.7 Å². The number of alkyl carbamates (subject to hydrolysis) is 1. The van der Waals surface area contributed by atoms with E-state index in [1.807, 2.05) is 33.0 Å². The first-order valence-electron chi connectivity index (χ1n) is 8.54. The second-order valence-electron chi connectivity index (χ2n) is 7.15. The third-order valence-electron chi connectivity index (χ3n) is 4.01. The van der Waals surface area contributed by atoms with E-state index in [1.165, 1.54) is 5.56 Å². The third kappa shape index (κ3) is 5.19. The van der Waals surface area contributed by atoms with Crippen LogP contribution in [0.1, 0.15) is 38.0 Å². The highest BCUT2D eigenvalue weighted by molar-refractivity contribution is 5.85. The molecule has 3 rings (SSSR count). The molecule has 0 radical (unpaired) electrons. The quantitative estimate of drug-likeness (QED) is 0.867. The molecule has 26 heavy (non-hydrogen) atoms. The molecule has 1 aliphatic heterocycles. The molecule has 0 bridgehead atoms. The number of nitrogens with zero attached hydrogens (tertiary/aromatic N) is 1. The summed E-state index contributed by atoms with van der Waals surface area (Å²) in [6, 6.07) is 10.3. The van der Waals surface area contributed by atoms with E-state index in [4.69, 9.17) is 9.47 Å². The number of hydrogen-bond acceptors (Lipinski definition) is 4. The van der Waals surface area contributed by atoms with Gasteiger partial charge in [-0.05, 0) is 55.5 Å². The predicted molar refractivity (Wildman–Crippen MR) is 104 cm³/mol. The molecule has 2 aromatic rings. The van der Waals surface area contributed by atoms with Gasteiger partial charge in [0.15, 0.2) is 0 Å². The molecule has 140 valence electrons. The summed E-state index contributed by atoms with van der Waals surface area (Å²) in [6.07, 6.45) is 3.93. The van der Waals surface area contributed by atoms with E-state index in [0.717, 1.165) is 23.1 Å².